The second-order valence-electron chi connectivity index (χ2n) is 4.64. The largest absolute Gasteiger partial charge is 0.483 e. The molecule has 2 atom stereocenters. The predicted octanol–water partition coefficient (Wildman–Crippen LogP) is 3.30. The monoisotopic (exact) mass is 288 g/mol. The number of nitrogens with zero attached hydrogens (tertiary/aromatic N) is 1. The number of rotatable bonds is 4. The molecule has 0 aliphatic heterocycles. The van der Waals surface area contributed by atoms with Gasteiger partial charge in [-0.1, -0.05) is 24.3 Å². The minimum absolute atomic E-state index is 0.0445. The molecular weight excluding hydrogens is 274 g/mol. The Morgan fingerprint density at radius 1 is 1.10 bits per heavy atom. The van der Waals surface area contributed by atoms with Crippen LogP contribution in [0.2, 0.25) is 0 Å². The first-order chi connectivity index (χ1) is 10.0. The Morgan fingerprint density at radius 3 is 2.38 bits per heavy atom. The van der Waals surface area contributed by atoms with E-state index in [1.54, 1.807) is 31.2 Å². The van der Waals surface area contributed by atoms with E-state index >= 15 is 0 Å². The third-order valence-corrected chi connectivity index (χ3v) is 3.03. The summed E-state index contributed by atoms with van der Waals surface area (Å²) in [6.07, 6.45) is -0.819. The molecule has 5 heteroatoms. The molecule has 2 N–H and O–H groups in total. The summed E-state index contributed by atoms with van der Waals surface area (Å²) in [7, 11) is 0. The fourth-order valence-electron chi connectivity index (χ4n) is 2.01. The van der Waals surface area contributed by atoms with Crippen LogP contribution in [-0.2, 0) is 0 Å². The van der Waals surface area contributed by atoms with E-state index < -0.39 is 23.8 Å². The van der Waals surface area contributed by atoms with Crippen molar-refractivity contribution < 1.29 is 13.5 Å². The number of hydrogen-bond acceptors (Lipinski definition) is 3. The average Bonchev–Trinajstić information content (AvgIpc) is 2.45. The standard InChI is InChI=1S/C16H14F2N2O/c1-10(20)16(11-5-2-3-6-13(11)17)21-15-8-4-7-14(18)12(15)9-19/h2-8,10,16H,20H2,1H3. The topological polar surface area (TPSA) is 59.0 Å². The second kappa shape index (κ2) is 6.33. The van der Waals surface area contributed by atoms with Crippen molar-refractivity contribution in [1.29, 1.82) is 5.26 Å². The van der Waals surface area contributed by atoms with Gasteiger partial charge in [0.1, 0.15) is 35.1 Å². The second-order valence-corrected chi connectivity index (χ2v) is 4.64. The number of ether oxygens (including phenoxy) is 1. The molecule has 2 aromatic carbocycles. The molecule has 0 saturated heterocycles. The van der Waals surface area contributed by atoms with Crippen LogP contribution < -0.4 is 10.5 Å². The van der Waals surface area contributed by atoms with Gasteiger partial charge in [0.05, 0.1) is 0 Å². The highest BCUT2D eigenvalue weighted by Gasteiger charge is 2.23. The van der Waals surface area contributed by atoms with Gasteiger partial charge in [0.25, 0.3) is 0 Å². The van der Waals surface area contributed by atoms with Crippen LogP contribution in [0.3, 0.4) is 0 Å². The van der Waals surface area contributed by atoms with Gasteiger partial charge in [-0.3, -0.25) is 0 Å². The quantitative estimate of drug-likeness (QED) is 0.939. The lowest BCUT2D eigenvalue weighted by molar-refractivity contribution is 0.174. The third kappa shape index (κ3) is 3.18. The fraction of sp³-hybridized carbons (Fsp3) is 0.188. The number of halogens is 2. The van der Waals surface area contributed by atoms with E-state index in [0.29, 0.717) is 0 Å². The van der Waals surface area contributed by atoms with E-state index in [1.165, 1.54) is 18.2 Å². The number of hydrogen-bond donors (Lipinski definition) is 1. The van der Waals surface area contributed by atoms with Gasteiger partial charge in [-0.15, -0.1) is 0 Å². The maximum Gasteiger partial charge on any atom is 0.144 e. The minimum Gasteiger partial charge on any atom is -0.483 e. The molecule has 3 nitrogen and oxygen atoms in total. The summed E-state index contributed by atoms with van der Waals surface area (Å²) < 4.78 is 33.1. The lowest BCUT2D eigenvalue weighted by atomic mass is 10.0. The molecule has 2 rings (SSSR count). The Bertz CT molecular complexity index is 680. The molecule has 0 aromatic heterocycles. The van der Waals surface area contributed by atoms with Crippen LogP contribution >= 0.6 is 0 Å². The first-order valence-electron chi connectivity index (χ1n) is 6.40. The summed E-state index contributed by atoms with van der Waals surface area (Å²) in [5, 5.41) is 9.00. The van der Waals surface area contributed by atoms with Crippen molar-refractivity contribution >= 4 is 0 Å². The molecule has 0 spiro atoms. The predicted molar refractivity (Wildman–Crippen MR) is 74.5 cm³/mol. The Kier molecular flexibility index (Phi) is 4.51. The molecule has 0 aliphatic carbocycles. The van der Waals surface area contributed by atoms with Crippen LogP contribution in [0.4, 0.5) is 8.78 Å². The normalized spacial score (nSPS) is 13.3. The number of nitriles is 1. The first-order valence-corrected chi connectivity index (χ1v) is 6.40. The first kappa shape index (κ1) is 14.9. The summed E-state index contributed by atoms with van der Waals surface area (Å²) in [5.41, 5.74) is 5.89. The van der Waals surface area contributed by atoms with Crippen LogP contribution in [0.25, 0.3) is 0 Å². The molecule has 2 unspecified atom stereocenters. The van der Waals surface area contributed by atoms with E-state index in [4.69, 9.17) is 15.7 Å². The van der Waals surface area contributed by atoms with Crippen molar-refractivity contribution in [2.45, 2.75) is 19.1 Å². The van der Waals surface area contributed by atoms with E-state index in [1.807, 2.05) is 0 Å². The number of nitrogens with two attached hydrogens (primary N) is 1. The van der Waals surface area contributed by atoms with Crippen molar-refractivity contribution in [3.05, 3.63) is 65.2 Å². The lowest BCUT2D eigenvalue weighted by Gasteiger charge is -2.24. The molecule has 0 fully saturated rings. The van der Waals surface area contributed by atoms with E-state index in [0.717, 1.165) is 6.07 Å². The van der Waals surface area contributed by atoms with Gasteiger partial charge in [0.2, 0.25) is 0 Å². The Morgan fingerprint density at radius 2 is 1.76 bits per heavy atom. The van der Waals surface area contributed by atoms with Crippen molar-refractivity contribution in [3.8, 4) is 11.8 Å². The van der Waals surface area contributed by atoms with Gasteiger partial charge in [-0.25, -0.2) is 8.78 Å². The molecule has 2 aromatic rings. The SMILES string of the molecule is CC(N)C(Oc1cccc(F)c1C#N)c1ccccc1F. The van der Waals surface area contributed by atoms with E-state index in [2.05, 4.69) is 0 Å². The highest BCUT2D eigenvalue weighted by molar-refractivity contribution is 5.44. The van der Waals surface area contributed by atoms with Gasteiger partial charge in [-0.05, 0) is 25.1 Å². The molecule has 0 radical (unpaired) electrons. The van der Waals surface area contributed by atoms with E-state index in [-0.39, 0.29) is 16.9 Å². The fourth-order valence-corrected chi connectivity index (χ4v) is 2.01. The zero-order valence-corrected chi connectivity index (χ0v) is 11.4. The smallest absolute Gasteiger partial charge is 0.144 e. The summed E-state index contributed by atoms with van der Waals surface area (Å²) >= 11 is 0. The van der Waals surface area contributed by atoms with Crippen molar-refractivity contribution in [2.75, 3.05) is 0 Å². The Labute approximate surface area is 121 Å². The van der Waals surface area contributed by atoms with Gasteiger partial charge in [0.15, 0.2) is 0 Å². The molecule has 108 valence electrons. The van der Waals surface area contributed by atoms with Crippen molar-refractivity contribution in [1.82, 2.24) is 0 Å². The van der Waals surface area contributed by atoms with Gasteiger partial charge >= 0.3 is 0 Å². The van der Waals surface area contributed by atoms with Gasteiger partial charge in [0, 0.05) is 11.6 Å². The molecule has 0 bridgehead atoms. The maximum atomic E-state index is 13.9. The van der Waals surface area contributed by atoms with Crippen LogP contribution in [0.5, 0.6) is 5.75 Å². The average molecular weight is 288 g/mol. The summed E-state index contributed by atoms with van der Waals surface area (Å²) in [4.78, 5) is 0. The molecule has 0 saturated carbocycles. The highest BCUT2D eigenvalue weighted by Crippen LogP contribution is 2.29. The maximum absolute atomic E-state index is 13.9. The van der Waals surface area contributed by atoms with Gasteiger partial charge < -0.3 is 10.5 Å². The highest BCUT2D eigenvalue weighted by atomic mass is 19.1. The molecular formula is C16H14F2N2O. The summed E-state index contributed by atoms with van der Waals surface area (Å²) in [6.45, 7) is 1.66. The summed E-state index contributed by atoms with van der Waals surface area (Å²) in [6, 6.07) is 11.3. The molecule has 21 heavy (non-hydrogen) atoms. The van der Waals surface area contributed by atoms with Crippen LogP contribution in [-0.4, -0.2) is 6.04 Å². The molecule has 0 heterocycles. The molecule has 0 aliphatic rings. The zero-order chi connectivity index (χ0) is 15.4. The van der Waals surface area contributed by atoms with E-state index in [9.17, 15) is 8.78 Å². The van der Waals surface area contributed by atoms with Crippen molar-refractivity contribution in [3.63, 3.8) is 0 Å². The Hall–Kier alpha value is -2.45. The zero-order valence-electron chi connectivity index (χ0n) is 11.4. The van der Waals surface area contributed by atoms with Crippen molar-refractivity contribution in [2.24, 2.45) is 5.73 Å². The van der Waals surface area contributed by atoms with Crippen LogP contribution in [0.15, 0.2) is 42.5 Å². The summed E-state index contributed by atoms with van der Waals surface area (Å²) in [5.74, 6) is -1.11. The Balaban J connectivity index is 2.41. The minimum atomic E-state index is -0.819. The third-order valence-electron chi connectivity index (χ3n) is 3.03. The lowest BCUT2D eigenvalue weighted by Crippen LogP contribution is -2.30. The molecule has 0 amide bonds. The van der Waals surface area contributed by atoms with Crippen LogP contribution in [0.1, 0.15) is 24.2 Å². The number of benzene rings is 2. The van der Waals surface area contributed by atoms with Gasteiger partial charge in [-0.2, -0.15) is 5.26 Å². The van der Waals surface area contributed by atoms with Crippen LogP contribution in [0, 0.1) is 23.0 Å².